The van der Waals surface area contributed by atoms with Crippen LogP contribution in [0, 0.1) is 0 Å². The standard InChI is InChI=1S/C14H18N4O2S2/c1-3-21-14-15-10(8-22-14)6-12(19)18(2)7-11-16-13(17-20-11)9-4-5-9/h8-9H,3-7H2,1-2H3. The van der Waals surface area contributed by atoms with E-state index in [2.05, 4.69) is 22.0 Å². The van der Waals surface area contributed by atoms with Crippen molar-refractivity contribution in [1.29, 1.82) is 0 Å². The van der Waals surface area contributed by atoms with E-state index in [1.807, 2.05) is 5.38 Å². The lowest BCUT2D eigenvalue weighted by molar-refractivity contribution is -0.130. The number of carbonyl (C=O) groups is 1. The fourth-order valence-corrected chi connectivity index (χ4v) is 3.72. The van der Waals surface area contributed by atoms with Crippen LogP contribution < -0.4 is 0 Å². The molecule has 2 aromatic rings. The monoisotopic (exact) mass is 338 g/mol. The SMILES string of the molecule is CCSc1nc(CC(=O)N(C)Cc2nc(C3CC3)no2)cs1. The van der Waals surface area contributed by atoms with Crippen molar-refractivity contribution in [1.82, 2.24) is 20.0 Å². The summed E-state index contributed by atoms with van der Waals surface area (Å²) >= 11 is 3.28. The quantitative estimate of drug-likeness (QED) is 0.723. The van der Waals surface area contributed by atoms with Crippen LogP contribution in [0.2, 0.25) is 0 Å². The number of amides is 1. The van der Waals surface area contributed by atoms with E-state index < -0.39 is 0 Å². The zero-order chi connectivity index (χ0) is 15.5. The first-order chi connectivity index (χ1) is 10.7. The van der Waals surface area contributed by atoms with Gasteiger partial charge in [-0.2, -0.15) is 4.98 Å². The number of aromatic nitrogens is 3. The lowest BCUT2D eigenvalue weighted by Crippen LogP contribution is -2.28. The third-order valence-electron chi connectivity index (χ3n) is 3.36. The number of thioether (sulfide) groups is 1. The van der Waals surface area contributed by atoms with Gasteiger partial charge in [-0.05, 0) is 18.6 Å². The number of hydrogen-bond acceptors (Lipinski definition) is 7. The summed E-state index contributed by atoms with van der Waals surface area (Å²) in [6.45, 7) is 2.43. The molecule has 0 radical (unpaired) electrons. The van der Waals surface area contributed by atoms with Crippen LogP contribution in [-0.4, -0.2) is 38.7 Å². The molecular formula is C14H18N4O2S2. The lowest BCUT2D eigenvalue weighted by Gasteiger charge is -2.13. The molecule has 0 aliphatic heterocycles. The van der Waals surface area contributed by atoms with Gasteiger partial charge < -0.3 is 9.42 Å². The average Bonchev–Trinajstić information content (AvgIpc) is 3.09. The van der Waals surface area contributed by atoms with Crippen molar-refractivity contribution < 1.29 is 9.32 Å². The first-order valence-corrected chi connectivity index (χ1v) is 9.16. The van der Waals surface area contributed by atoms with Gasteiger partial charge in [-0.3, -0.25) is 4.79 Å². The Morgan fingerprint density at radius 2 is 2.32 bits per heavy atom. The summed E-state index contributed by atoms with van der Waals surface area (Å²) in [6, 6.07) is 0. The molecule has 0 saturated heterocycles. The summed E-state index contributed by atoms with van der Waals surface area (Å²) in [5.74, 6) is 2.73. The zero-order valence-electron chi connectivity index (χ0n) is 12.6. The molecule has 1 amide bonds. The Balaban J connectivity index is 1.53. The van der Waals surface area contributed by atoms with Gasteiger partial charge in [0.1, 0.15) is 4.34 Å². The van der Waals surface area contributed by atoms with Gasteiger partial charge in [-0.25, -0.2) is 4.98 Å². The Hall–Kier alpha value is -1.41. The molecule has 2 heterocycles. The van der Waals surface area contributed by atoms with E-state index in [0.29, 0.717) is 24.8 Å². The molecule has 0 spiro atoms. The number of thiazole rings is 1. The van der Waals surface area contributed by atoms with E-state index >= 15 is 0 Å². The van der Waals surface area contributed by atoms with Crippen LogP contribution in [0.1, 0.15) is 43.1 Å². The highest BCUT2D eigenvalue weighted by Crippen LogP contribution is 2.38. The van der Waals surface area contributed by atoms with E-state index in [4.69, 9.17) is 4.52 Å². The van der Waals surface area contributed by atoms with Crippen LogP contribution in [0.15, 0.2) is 14.2 Å². The maximum atomic E-state index is 12.2. The number of rotatable bonds is 7. The first kappa shape index (κ1) is 15.5. The predicted molar refractivity (Wildman–Crippen MR) is 85.0 cm³/mol. The number of hydrogen-bond donors (Lipinski definition) is 0. The minimum atomic E-state index is 0.00419. The van der Waals surface area contributed by atoms with Crippen molar-refractivity contribution in [2.24, 2.45) is 0 Å². The molecule has 1 fully saturated rings. The number of likely N-dealkylation sites (N-methyl/N-ethyl adjacent to an activating group) is 1. The molecule has 0 N–H and O–H groups in total. The van der Waals surface area contributed by atoms with Crippen LogP contribution in [0.25, 0.3) is 0 Å². The predicted octanol–water partition coefficient (Wildman–Crippen LogP) is 2.72. The van der Waals surface area contributed by atoms with Gasteiger partial charge in [0.05, 0.1) is 18.7 Å². The highest BCUT2D eigenvalue weighted by atomic mass is 32.2. The normalized spacial score (nSPS) is 14.3. The van der Waals surface area contributed by atoms with E-state index in [0.717, 1.165) is 34.5 Å². The van der Waals surface area contributed by atoms with Crippen LogP contribution in [0.4, 0.5) is 0 Å². The van der Waals surface area contributed by atoms with Crippen LogP contribution in [0.3, 0.4) is 0 Å². The minimum absolute atomic E-state index is 0.00419. The molecular weight excluding hydrogens is 320 g/mol. The van der Waals surface area contributed by atoms with Crippen molar-refractivity contribution >= 4 is 29.0 Å². The minimum Gasteiger partial charge on any atom is -0.337 e. The van der Waals surface area contributed by atoms with Gasteiger partial charge in [0.25, 0.3) is 0 Å². The summed E-state index contributed by atoms with van der Waals surface area (Å²) in [7, 11) is 1.75. The fraction of sp³-hybridized carbons (Fsp3) is 0.571. The molecule has 3 rings (SSSR count). The largest absolute Gasteiger partial charge is 0.337 e. The molecule has 0 atom stereocenters. The van der Waals surface area contributed by atoms with E-state index in [-0.39, 0.29) is 5.91 Å². The highest BCUT2D eigenvalue weighted by molar-refractivity contribution is 8.00. The van der Waals surface area contributed by atoms with Gasteiger partial charge in [0, 0.05) is 18.3 Å². The Morgan fingerprint density at radius 3 is 3.05 bits per heavy atom. The average molecular weight is 338 g/mol. The number of carbonyl (C=O) groups excluding carboxylic acids is 1. The Labute approximate surface area is 137 Å². The molecule has 8 heteroatoms. The molecule has 1 saturated carbocycles. The summed E-state index contributed by atoms with van der Waals surface area (Å²) < 4.78 is 6.21. The van der Waals surface area contributed by atoms with Crippen molar-refractivity contribution in [2.45, 2.75) is 43.0 Å². The summed E-state index contributed by atoms with van der Waals surface area (Å²) in [4.78, 5) is 22.6. The molecule has 0 bridgehead atoms. The van der Waals surface area contributed by atoms with Crippen LogP contribution in [-0.2, 0) is 17.8 Å². The van der Waals surface area contributed by atoms with Gasteiger partial charge in [0.2, 0.25) is 11.8 Å². The van der Waals surface area contributed by atoms with Gasteiger partial charge in [-0.1, -0.05) is 23.8 Å². The zero-order valence-corrected chi connectivity index (χ0v) is 14.2. The van der Waals surface area contributed by atoms with Crippen LogP contribution >= 0.6 is 23.1 Å². The van der Waals surface area contributed by atoms with Crippen molar-refractivity contribution in [3.63, 3.8) is 0 Å². The molecule has 0 aromatic carbocycles. The Bertz CT molecular complexity index is 651. The molecule has 0 unspecified atom stereocenters. The molecule has 22 heavy (non-hydrogen) atoms. The maximum absolute atomic E-state index is 12.2. The maximum Gasteiger partial charge on any atom is 0.246 e. The van der Waals surface area contributed by atoms with Gasteiger partial charge in [0.15, 0.2) is 5.82 Å². The lowest BCUT2D eigenvalue weighted by atomic mass is 10.3. The third kappa shape index (κ3) is 3.86. The molecule has 2 aromatic heterocycles. The fourth-order valence-electron chi connectivity index (χ4n) is 1.98. The van der Waals surface area contributed by atoms with Crippen molar-refractivity contribution in [3.05, 3.63) is 22.8 Å². The van der Waals surface area contributed by atoms with E-state index in [1.165, 1.54) is 0 Å². The van der Waals surface area contributed by atoms with Crippen LogP contribution in [0.5, 0.6) is 0 Å². The summed E-state index contributed by atoms with van der Waals surface area (Å²) in [5, 5.41) is 5.91. The van der Waals surface area contributed by atoms with Crippen molar-refractivity contribution in [3.8, 4) is 0 Å². The molecule has 118 valence electrons. The smallest absolute Gasteiger partial charge is 0.246 e. The van der Waals surface area contributed by atoms with Gasteiger partial charge in [-0.15, -0.1) is 11.3 Å². The molecule has 1 aliphatic rings. The second kappa shape index (κ2) is 6.78. The van der Waals surface area contributed by atoms with Gasteiger partial charge >= 0.3 is 0 Å². The number of nitrogens with zero attached hydrogens (tertiary/aromatic N) is 4. The highest BCUT2D eigenvalue weighted by Gasteiger charge is 2.29. The van der Waals surface area contributed by atoms with E-state index in [9.17, 15) is 4.79 Å². The Kier molecular flexibility index (Phi) is 4.77. The third-order valence-corrected chi connectivity index (χ3v) is 5.31. The topological polar surface area (TPSA) is 72.1 Å². The Morgan fingerprint density at radius 1 is 1.50 bits per heavy atom. The first-order valence-electron chi connectivity index (χ1n) is 7.29. The molecule has 1 aliphatic carbocycles. The summed E-state index contributed by atoms with van der Waals surface area (Å²) in [6.07, 6.45) is 2.58. The van der Waals surface area contributed by atoms with E-state index in [1.54, 1.807) is 35.0 Å². The second-order valence-corrected chi connectivity index (χ2v) is 7.65. The molecule has 6 nitrogen and oxygen atoms in total. The summed E-state index contributed by atoms with van der Waals surface area (Å²) in [5.41, 5.74) is 0.821. The van der Waals surface area contributed by atoms with Crippen molar-refractivity contribution in [2.75, 3.05) is 12.8 Å². The second-order valence-electron chi connectivity index (χ2n) is 5.28.